The van der Waals surface area contributed by atoms with Crippen molar-refractivity contribution in [3.05, 3.63) is 30.0 Å². The number of aromatic amines is 1. The van der Waals surface area contributed by atoms with Crippen LogP contribution in [0.1, 0.15) is 5.69 Å². The number of fused-ring (bicyclic) bond motifs is 1. The van der Waals surface area contributed by atoms with Crippen LogP contribution in [0.3, 0.4) is 0 Å². The fourth-order valence-electron chi connectivity index (χ4n) is 1.38. The number of rotatable bonds is 3. The molecule has 2 rings (SSSR count). The van der Waals surface area contributed by atoms with E-state index in [1.54, 1.807) is 0 Å². The monoisotopic (exact) mass is 223 g/mol. The molecule has 2 aromatic rings. The highest BCUT2D eigenvalue weighted by molar-refractivity contribution is 6.27. The predicted octanol–water partition coefficient (Wildman–Crippen LogP) is 1.42. The lowest BCUT2D eigenvalue weighted by molar-refractivity contribution is -0.118. The molecule has 2 N–H and O–H groups in total. The van der Waals surface area contributed by atoms with E-state index in [9.17, 15) is 4.79 Å². The Hall–Kier alpha value is -1.55. The third-order valence-electron chi connectivity index (χ3n) is 2.12. The number of carbonyl (C=O) groups excluding carboxylic acids is 1. The summed E-state index contributed by atoms with van der Waals surface area (Å²) >= 11 is 5.37. The Kier molecular flexibility index (Phi) is 2.87. The lowest BCUT2D eigenvalue weighted by Gasteiger charge is -2.00. The number of amides is 1. The van der Waals surface area contributed by atoms with Gasteiger partial charge in [-0.1, -0.05) is 18.2 Å². The summed E-state index contributed by atoms with van der Waals surface area (Å²) < 4.78 is 0. The Morgan fingerprint density at radius 2 is 2.27 bits per heavy atom. The van der Waals surface area contributed by atoms with Gasteiger partial charge in [-0.15, -0.1) is 11.6 Å². The summed E-state index contributed by atoms with van der Waals surface area (Å²) in [5.74, 6) is -0.207. The molecule has 0 aliphatic rings. The molecule has 1 aromatic heterocycles. The minimum absolute atomic E-state index is 0.0218. The lowest BCUT2D eigenvalue weighted by atomic mass is 10.2. The van der Waals surface area contributed by atoms with Crippen molar-refractivity contribution in [3.63, 3.8) is 0 Å². The van der Waals surface area contributed by atoms with Crippen LogP contribution < -0.4 is 5.32 Å². The average molecular weight is 224 g/mol. The molecule has 78 valence electrons. The van der Waals surface area contributed by atoms with Crippen LogP contribution in [-0.4, -0.2) is 22.0 Å². The Balaban J connectivity index is 2.18. The number of nitrogens with one attached hydrogen (secondary N) is 2. The first-order valence-corrected chi connectivity index (χ1v) is 5.09. The molecule has 0 unspecified atom stereocenters. The predicted molar refractivity (Wildman–Crippen MR) is 58.7 cm³/mol. The van der Waals surface area contributed by atoms with Crippen LogP contribution in [0.4, 0.5) is 0 Å². The van der Waals surface area contributed by atoms with E-state index in [2.05, 4.69) is 15.5 Å². The van der Waals surface area contributed by atoms with Crippen LogP contribution in [0, 0.1) is 0 Å². The lowest BCUT2D eigenvalue weighted by Crippen LogP contribution is -2.23. The topological polar surface area (TPSA) is 57.8 Å². The maximum atomic E-state index is 11.0. The Labute approximate surface area is 91.6 Å². The van der Waals surface area contributed by atoms with E-state index in [1.165, 1.54) is 0 Å². The van der Waals surface area contributed by atoms with E-state index >= 15 is 0 Å². The highest BCUT2D eigenvalue weighted by Crippen LogP contribution is 2.14. The molecule has 0 saturated heterocycles. The number of carbonyl (C=O) groups is 1. The quantitative estimate of drug-likeness (QED) is 0.774. The molecule has 0 fully saturated rings. The minimum atomic E-state index is -0.185. The average Bonchev–Trinajstić information content (AvgIpc) is 2.69. The van der Waals surface area contributed by atoms with Gasteiger partial charge in [-0.25, -0.2) is 0 Å². The molecule has 0 aliphatic heterocycles. The van der Waals surface area contributed by atoms with Crippen molar-refractivity contribution in [2.24, 2.45) is 0 Å². The van der Waals surface area contributed by atoms with Gasteiger partial charge in [-0.05, 0) is 6.07 Å². The van der Waals surface area contributed by atoms with Gasteiger partial charge in [-0.2, -0.15) is 5.10 Å². The van der Waals surface area contributed by atoms with E-state index < -0.39 is 0 Å². The second kappa shape index (κ2) is 4.31. The molecule has 0 saturated carbocycles. The molecule has 0 spiro atoms. The molecular formula is C10H10ClN3O. The van der Waals surface area contributed by atoms with Gasteiger partial charge in [0, 0.05) is 5.39 Å². The van der Waals surface area contributed by atoms with Crippen LogP contribution in [0.5, 0.6) is 0 Å². The fourth-order valence-corrected chi connectivity index (χ4v) is 1.48. The molecule has 5 heteroatoms. The second-order valence-corrected chi connectivity index (χ2v) is 3.40. The van der Waals surface area contributed by atoms with E-state index in [0.717, 1.165) is 16.6 Å². The summed E-state index contributed by atoms with van der Waals surface area (Å²) in [5.41, 5.74) is 1.79. The van der Waals surface area contributed by atoms with E-state index in [-0.39, 0.29) is 11.8 Å². The van der Waals surface area contributed by atoms with Crippen molar-refractivity contribution in [2.45, 2.75) is 6.54 Å². The number of H-pyrrole nitrogens is 1. The van der Waals surface area contributed by atoms with Gasteiger partial charge in [0.15, 0.2) is 0 Å². The number of aromatic nitrogens is 2. The molecule has 0 aliphatic carbocycles. The van der Waals surface area contributed by atoms with Gasteiger partial charge in [-0.3, -0.25) is 9.89 Å². The smallest absolute Gasteiger partial charge is 0.235 e. The van der Waals surface area contributed by atoms with Gasteiger partial charge in [0.25, 0.3) is 0 Å². The Morgan fingerprint density at radius 1 is 1.47 bits per heavy atom. The largest absolute Gasteiger partial charge is 0.349 e. The first kappa shape index (κ1) is 9.98. The molecule has 4 nitrogen and oxygen atoms in total. The highest BCUT2D eigenvalue weighted by Gasteiger charge is 2.05. The van der Waals surface area contributed by atoms with Gasteiger partial charge in [0.1, 0.15) is 5.88 Å². The zero-order chi connectivity index (χ0) is 10.7. The van der Waals surface area contributed by atoms with Gasteiger partial charge >= 0.3 is 0 Å². The van der Waals surface area contributed by atoms with Crippen LogP contribution >= 0.6 is 11.6 Å². The highest BCUT2D eigenvalue weighted by atomic mass is 35.5. The van der Waals surface area contributed by atoms with Crippen molar-refractivity contribution in [2.75, 3.05) is 5.88 Å². The van der Waals surface area contributed by atoms with E-state index in [4.69, 9.17) is 11.6 Å². The number of benzene rings is 1. The maximum absolute atomic E-state index is 11.0. The van der Waals surface area contributed by atoms with Crippen molar-refractivity contribution >= 4 is 28.4 Å². The fraction of sp³-hybridized carbons (Fsp3) is 0.200. The third-order valence-corrected chi connectivity index (χ3v) is 2.37. The number of nitrogens with zero attached hydrogens (tertiary/aromatic N) is 1. The van der Waals surface area contributed by atoms with Crippen LogP contribution in [0.25, 0.3) is 10.9 Å². The summed E-state index contributed by atoms with van der Waals surface area (Å²) in [5, 5.41) is 10.7. The SMILES string of the molecule is O=C(CCl)NCc1[nH]nc2ccccc12. The van der Waals surface area contributed by atoms with Crippen LogP contribution in [-0.2, 0) is 11.3 Å². The summed E-state index contributed by atoms with van der Waals surface area (Å²) in [6.07, 6.45) is 0. The Bertz CT molecular complexity index is 480. The second-order valence-electron chi connectivity index (χ2n) is 3.13. The van der Waals surface area contributed by atoms with Gasteiger partial charge in [0.05, 0.1) is 17.8 Å². The van der Waals surface area contributed by atoms with Gasteiger partial charge < -0.3 is 5.32 Å². The molecule has 1 aromatic carbocycles. The summed E-state index contributed by atoms with van der Waals surface area (Å²) in [7, 11) is 0. The summed E-state index contributed by atoms with van der Waals surface area (Å²) in [4.78, 5) is 11.0. The number of alkyl halides is 1. The first-order valence-electron chi connectivity index (χ1n) is 4.56. The normalized spacial score (nSPS) is 10.5. The third kappa shape index (κ3) is 2.10. The molecule has 15 heavy (non-hydrogen) atoms. The Morgan fingerprint density at radius 3 is 3.07 bits per heavy atom. The molecular weight excluding hydrogens is 214 g/mol. The summed E-state index contributed by atoms with van der Waals surface area (Å²) in [6, 6.07) is 7.73. The zero-order valence-electron chi connectivity index (χ0n) is 7.96. The zero-order valence-corrected chi connectivity index (χ0v) is 8.71. The molecule has 1 heterocycles. The molecule has 0 radical (unpaired) electrons. The standard InChI is InChI=1S/C10H10ClN3O/c11-5-10(15)12-6-9-7-3-1-2-4-8(7)13-14-9/h1-4H,5-6H2,(H,12,15)(H,13,14). The van der Waals surface area contributed by atoms with Crippen LogP contribution in [0.15, 0.2) is 24.3 Å². The van der Waals surface area contributed by atoms with Crippen molar-refractivity contribution in [1.29, 1.82) is 0 Å². The molecule has 0 bridgehead atoms. The number of para-hydroxylation sites is 1. The summed E-state index contributed by atoms with van der Waals surface area (Å²) in [6.45, 7) is 0.423. The minimum Gasteiger partial charge on any atom is -0.349 e. The first-order chi connectivity index (χ1) is 7.31. The van der Waals surface area contributed by atoms with Crippen molar-refractivity contribution in [3.8, 4) is 0 Å². The molecule has 0 atom stereocenters. The van der Waals surface area contributed by atoms with Crippen LogP contribution in [0.2, 0.25) is 0 Å². The van der Waals surface area contributed by atoms with E-state index in [1.807, 2.05) is 24.3 Å². The molecule has 1 amide bonds. The number of hydrogen-bond donors (Lipinski definition) is 2. The van der Waals surface area contributed by atoms with Crippen molar-refractivity contribution in [1.82, 2.24) is 15.5 Å². The van der Waals surface area contributed by atoms with Gasteiger partial charge in [0.2, 0.25) is 5.91 Å². The number of halogens is 1. The maximum Gasteiger partial charge on any atom is 0.235 e. The number of hydrogen-bond acceptors (Lipinski definition) is 2. The van der Waals surface area contributed by atoms with Crippen molar-refractivity contribution < 1.29 is 4.79 Å². The van der Waals surface area contributed by atoms with E-state index in [0.29, 0.717) is 6.54 Å².